The third-order valence-electron chi connectivity index (χ3n) is 2.72. The van der Waals surface area contributed by atoms with E-state index in [4.69, 9.17) is 11.1 Å². The van der Waals surface area contributed by atoms with Crippen molar-refractivity contribution in [3.63, 3.8) is 0 Å². The third kappa shape index (κ3) is 4.70. The van der Waals surface area contributed by atoms with Crippen LogP contribution in [0, 0.1) is 5.41 Å². The molecule has 4 heteroatoms. The van der Waals surface area contributed by atoms with Gasteiger partial charge >= 0.3 is 0 Å². The van der Waals surface area contributed by atoms with Gasteiger partial charge in [0.2, 0.25) is 0 Å². The van der Waals surface area contributed by atoms with Crippen molar-refractivity contribution in [1.82, 2.24) is 0 Å². The third-order valence-corrected chi connectivity index (χ3v) is 3.26. The molecule has 0 aliphatic carbocycles. The van der Waals surface area contributed by atoms with Crippen molar-refractivity contribution in [2.75, 3.05) is 16.3 Å². The first-order chi connectivity index (χ1) is 9.26. The van der Waals surface area contributed by atoms with Crippen LogP contribution < -0.4 is 11.1 Å². The molecule has 102 valence electrons. The molecular weight excluding hydrogens is 349 g/mol. The molecule has 0 bridgehead atoms. The van der Waals surface area contributed by atoms with E-state index in [0.29, 0.717) is 0 Å². The van der Waals surface area contributed by atoms with E-state index in [0.717, 1.165) is 34.2 Å². The maximum atomic E-state index is 7.52. The Kier molecular flexibility index (Phi) is 7.25. The summed E-state index contributed by atoms with van der Waals surface area (Å²) >= 11 is 2.37. The average molecular weight is 369 g/mol. The Bertz CT molecular complexity index is 478. The van der Waals surface area contributed by atoms with Crippen molar-refractivity contribution in [3.05, 3.63) is 47.7 Å². The number of rotatable bonds is 7. The van der Waals surface area contributed by atoms with E-state index in [1.807, 2.05) is 24.3 Å². The summed E-state index contributed by atoms with van der Waals surface area (Å²) < 4.78 is 1.05. The zero-order valence-electron chi connectivity index (χ0n) is 11.1. The van der Waals surface area contributed by atoms with Crippen LogP contribution in [0.15, 0.2) is 36.6 Å². The second-order valence-corrected chi connectivity index (χ2v) is 5.07. The maximum Gasteiger partial charge on any atom is 0.0429 e. The number of benzene rings is 1. The number of anilines is 1. The van der Waals surface area contributed by atoms with E-state index in [-0.39, 0.29) is 0 Å². The zero-order valence-corrected chi connectivity index (χ0v) is 13.3. The van der Waals surface area contributed by atoms with Crippen LogP contribution in [0.5, 0.6) is 0 Å². The molecule has 0 heterocycles. The van der Waals surface area contributed by atoms with Crippen molar-refractivity contribution in [1.29, 1.82) is 5.41 Å². The van der Waals surface area contributed by atoms with Crippen LogP contribution >= 0.6 is 22.6 Å². The molecule has 0 aliphatic rings. The normalized spacial score (nSPS) is 11.8. The van der Waals surface area contributed by atoms with Crippen molar-refractivity contribution in [3.8, 4) is 0 Å². The first kappa shape index (κ1) is 15.8. The Morgan fingerprint density at radius 2 is 2.26 bits per heavy atom. The van der Waals surface area contributed by atoms with E-state index in [9.17, 15) is 0 Å². The fraction of sp³-hybridized carbons (Fsp3) is 0.267. The van der Waals surface area contributed by atoms with Gasteiger partial charge in [-0.1, -0.05) is 34.7 Å². The summed E-state index contributed by atoms with van der Waals surface area (Å²) in [6.45, 7) is 2.90. The second-order valence-electron chi connectivity index (χ2n) is 3.99. The molecule has 0 atom stereocenters. The van der Waals surface area contributed by atoms with Gasteiger partial charge in [-0.05, 0) is 48.9 Å². The zero-order chi connectivity index (χ0) is 14.1. The van der Waals surface area contributed by atoms with Crippen LogP contribution in [-0.4, -0.2) is 17.2 Å². The minimum Gasteiger partial charge on any atom is -0.405 e. The Morgan fingerprint density at radius 1 is 1.47 bits per heavy atom. The van der Waals surface area contributed by atoms with Gasteiger partial charge in [0.1, 0.15) is 0 Å². The molecule has 0 aliphatic heterocycles. The highest BCUT2D eigenvalue weighted by atomic mass is 127. The second kappa shape index (κ2) is 8.74. The summed E-state index contributed by atoms with van der Waals surface area (Å²) in [5.41, 5.74) is 9.70. The van der Waals surface area contributed by atoms with Crippen molar-refractivity contribution >= 4 is 40.1 Å². The average Bonchev–Trinajstić information content (AvgIpc) is 2.44. The standard InChI is InChI=1S/C15H20IN3/c1-2-19-15-6-5-13(10-14(15)11-18)12(7-8-16)4-3-9-17/h3-6,9-11,18-19H,2,7-8,17H2,1H3/b9-3-,12-4+,18-11?. The van der Waals surface area contributed by atoms with Crippen LogP contribution in [0.4, 0.5) is 5.69 Å². The van der Waals surface area contributed by atoms with Crippen molar-refractivity contribution < 1.29 is 0 Å². The number of hydrogen-bond acceptors (Lipinski definition) is 3. The number of allylic oxidation sites excluding steroid dienone is 3. The van der Waals surface area contributed by atoms with Crippen LogP contribution in [0.25, 0.3) is 5.57 Å². The first-order valence-corrected chi connectivity index (χ1v) is 7.81. The summed E-state index contributed by atoms with van der Waals surface area (Å²) in [6.07, 6.45) is 7.81. The highest BCUT2D eigenvalue weighted by Gasteiger charge is 2.05. The number of nitrogens with two attached hydrogens (primary N) is 1. The Balaban J connectivity index is 3.14. The quantitative estimate of drug-likeness (QED) is 0.296. The van der Waals surface area contributed by atoms with Gasteiger partial charge in [0.15, 0.2) is 0 Å². The molecule has 0 spiro atoms. The first-order valence-electron chi connectivity index (χ1n) is 6.29. The fourth-order valence-corrected chi connectivity index (χ4v) is 2.41. The molecule has 0 saturated carbocycles. The topological polar surface area (TPSA) is 61.9 Å². The van der Waals surface area contributed by atoms with Gasteiger partial charge in [-0.25, -0.2) is 0 Å². The lowest BCUT2D eigenvalue weighted by Crippen LogP contribution is -2.01. The van der Waals surface area contributed by atoms with Crippen molar-refractivity contribution in [2.45, 2.75) is 13.3 Å². The fourth-order valence-electron chi connectivity index (χ4n) is 1.83. The lowest BCUT2D eigenvalue weighted by molar-refractivity contribution is 1.21. The lowest BCUT2D eigenvalue weighted by Gasteiger charge is -2.11. The molecule has 1 aromatic rings. The molecule has 0 aromatic heterocycles. The van der Waals surface area contributed by atoms with Gasteiger partial charge in [0, 0.05) is 28.4 Å². The van der Waals surface area contributed by atoms with Crippen LogP contribution in [0.3, 0.4) is 0 Å². The Labute approximate surface area is 128 Å². The van der Waals surface area contributed by atoms with Gasteiger partial charge in [-0.3, -0.25) is 0 Å². The molecule has 0 unspecified atom stereocenters. The minimum atomic E-state index is 0.854. The monoisotopic (exact) mass is 369 g/mol. The largest absolute Gasteiger partial charge is 0.405 e. The molecule has 0 fully saturated rings. The number of nitrogens with one attached hydrogen (secondary N) is 2. The molecule has 1 aromatic carbocycles. The van der Waals surface area contributed by atoms with E-state index in [2.05, 4.69) is 40.9 Å². The van der Waals surface area contributed by atoms with Crippen LogP contribution in [0.1, 0.15) is 24.5 Å². The van der Waals surface area contributed by atoms with Crippen LogP contribution in [-0.2, 0) is 0 Å². The summed E-state index contributed by atoms with van der Waals surface area (Å²) in [7, 11) is 0. The Morgan fingerprint density at radius 3 is 2.84 bits per heavy atom. The number of hydrogen-bond donors (Lipinski definition) is 3. The number of halogens is 1. The highest BCUT2D eigenvalue weighted by Crippen LogP contribution is 2.24. The van der Waals surface area contributed by atoms with Gasteiger partial charge in [0.05, 0.1) is 0 Å². The summed E-state index contributed by atoms with van der Waals surface area (Å²) in [6, 6.07) is 6.17. The molecule has 0 radical (unpaired) electrons. The molecule has 3 nitrogen and oxygen atoms in total. The maximum absolute atomic E-state index is 7.52. The molecular formula is C15H20IN3. The van der Waals surface area contributed by atoms with E-state index in [1.54, 1.807) is 0 Å². The van der Waals surface area contributed by atoms with E-state index < -0.39 is 0 Å². The molecule has 19 heavy (non-hydrogen) atoms. The van der Waals surface area contributed by atoms with Gasteiger partial charge in [-0.15, -0.1) is 0 Å². The SMILES string of the molecule is CCNc1ccc(/C(=C/C=C\N)CCI)cc1C=N. The Hall–Kier alpha value is -1.30. The summed E-state index contributed by atoms with van der Waals surface area (Å²) in [5, 5.41) is 10.8. The molecule has 0 amide bonds. The smallest absolute Gasteiger partial charge is 0.0429 e. The number of alkyl halides is 1. The van der Waals surface area contributed by atoms with E-state index >= 15 is 0 Å². The molecule has 1 rings (SSSR count). The van der Waals surface area contributed by atoms with Crippen LogP contribution in [0.2, 0.25) is 0 Å². The summed E-state index contributed by atoms with van der Waals surface area (Å²) in [5.74, 6) is 0. The van der Waals surface area contributed by atoms with Gasteiger partial charge < -0.3 is 16.5 Å². The predicted molar refractivity (Wildman–Crippen MR) is 93.3 cm³/mol. The highest BCUT2D eigenvalue weighted by molar-refractivity contribution is 14.1. The summed E-state index contributed by atoms with van der Waals surface area (Å²) in [4.78, 5) is 0. The molecule has 4 N–H and O–H groups in total. The van der Waals surface area contributed by atoms with Gasteiger partial charge in [0.25, 0.3) is 0 Å². The minimum absolute atomic E-state index is 0.854. The predicted octanol–water partition coefficient (Wildman–Crippen LogP) is 3.80. The van der Waals surface area contributed by atoms with Crippen molar-refractivity contribution in [2.24, 2.45) is 5.73 Å². The van der Waals surface area contributed by atoms with Gasteiger partial charge in [-0.2, -0.15) is 0 Å². The molecule has 0 saturated heterocycles. The van der Waals surface area contributed by atoms with E-state index in [1.165, 1.54) is 18.0 Å². The lowest BCUT2D eigenvalue weighted by atomic mass is 10.00.